The number of likely N-dealkylation sites (tertiary alicyclic amines) is 1. The second-order valence-corrected chi connectivity index (χ2v) is 7.49. The van der Waals surface area contributed by atoms with Gasteiger partial charge in [-0.1, -0.05) is 24.3 Å². The number of hydrogen-bond donors (Lipinski definition) is 0. The van der Waals surface area contributed by atoms with E-state index < -0.39 is 0 Å². The highest BCUT2D eigenvalue weighted by molar-refractivity contribution is 5.78. The molecule has 1 amide bonds. The van der Waals surface area contributed by atoms with Gasteiger partial charge in [0.2, 0.25) is 5.91 Å². The Labute approximate surface area is 161 Å². The van der Waals surface area contributed by atoms with Crippen molar-refractivity contribution in [2.75, 3.05) is 13.1 Å². The molecule has 0 aliphatic carbocycles. The van der Waals surface area contributed by atoms with Crippen molar-refractivity contribution in [3.05, 3.63) is 65.5 Å². The maximum Gasteiger partial charge on any atom is 0.223 e. The first kappa shape index (κ1) is 19.4. The van der Waals surface area contributed by atoms with Crippen LogP contribution in [0.4, 0.5) is 4.39 Å². The third-order valence-electron chi connectivity index (χ3n) is 5.01. The summed E-state index contributed by atoms with van der Waals surface area (Å²) in [6.45, 7) is 5.67. The summed E-state index contributed by atoms with van der Waals surface area (Å²) in [6, 6.07) is 14.4. The normalized spacial score (nSPS) is 15.6. The second-order valence-electron chi connectivity index (χ2n) is 7.49. The van der Waals surface area contributed by atoms with Gasteiger partial charge >= 0.3 is 0 Å². The number of carbonyl (C=O) groups is 1. The SMILES string of the molecule is CC(C)Oc1ccc(C(CC(=O)N2CCCCC2)c2ccc(F)cc2)cc1. The summed E-state index contributed by atoms with van der Waals surface area (Å²) < 4.78 is 19.1. The quantitative estimate of drug-likeness (QED) is 0.705. The Kier molecular flexibility index (Phi) is 6.49. The molecule has 1 heterocycles. The fourth-order valence-corrected chi connectivity index (χ4v) is 3.62. The molecule has 3 rings (SSSR count). The first-order valence-electron chi connectivity index (χ1n) is 9.83. The average Bonchev–Trinajstić information content (AvgIpc) is 2.68. The molecular formula is C23H28FNO2. The highest BCUT2D eigenvalue weighted by atomic mass is 19.1. The predicted molar refractivity (Wildman–Crippen MR) is 105 cm³/mol. The van der Waals surface area contributed by atoms with Gasteiger partial charge in [0.15, 0.2) is 0 Å². The molecule has 3 nitrogen and oxygen atoms in total. The summed E-state index contributed by atoms with van der Waals surface area (Å²) in [5.74, 6) is 0.633. The van der Waals surface area contributed by atoms with E-state index in [0.717, 1.165) is 42.8 Å². The van der Waals surface area contributed by atoms with Crippen molar-refractivity contribution >= 4 is 5.91 Å². The van der Waals surface area contributed by atoms with Crippen LogP contribution in [0.1, 0.15) is 56.6 Å². The van der Waals surface area contributed by atoms with Gasteiger partial charge in [0, 0.05) is 25.4 Å². The summed E-state index contributed by atoms with van der Waals surface area (Å²) in [5, 5.41) is 0. The van der Waals surface area contributed by atoms with Gasteiger partial charge in [-0.2, -0.15) is 0 Å². The van der Waals surface area contributed by atoms with Crippen LogP contribution in [0.15, 0.2) is 48.5 Å². The van der Waals surface area contributed by atoms with Gasteiger partial charge in [-0.3, -0.25) is 4.79 Å². The Morgan fingerprint density at radius 1 is 0.963 bits per heavy atom. The van der Waals surface area contributed by atoms with E-state index in [1.54, 1.807) is 12.1 Å². The number of halogens is 1. The van der Waals surface area contributed by atoms with Crippen molar-refractivity contribution in [2.24, 2.45) is 0 Å². The van der Waals surface area contributed by atoms with Crippen molar-refractivity contribution in [3.8, 4) is 5.75 Å². The fraction of sp³-hybridized carbons (Fsp3) is 0.435. The maximum absolute atomic E-state index is 13.4. The first-order chi connectivity index (χ1) is 13.0. The van der Waals surface area contributed by atoms with Crippen LogP contribution in [-0.2, 0) is 4.79 Å². The number of amides is 1. The summed E-state index contributed by atoms with van der Waals surface area (Å²) in [5.41, 5.74) is 2.00. The maximum atomic E-state index is 13.4. The van der Waals surface area contributed by atoms with Crippen molar-refractivity contribution < 1.29 is 13.9 Å². The molecule has 1 aliphatic rings. The lowest BCUT2D eigenvalue weighted by Gasteiger charge is -2.29. The zero-order chi connectivity index (χ0) is 19.2. The van der Waals surface area contributed by atoms with Crippen molar-refractivity contribution in [1.29, 1.82) is 0 Å². The number of ether oxygens (including phenoxy) is 1. The largest absolute Gasteiger partial charge is 0.491 e. The van der Waals surface area contributed by atoms with Crippen molar-refractivity contribution in [1.82, 2.24) is 4.90 Å². The number of nitrogens with zero attached hydrogens (tertiary/aromatic N) is 1. The van der Waals surface area contributed by atoms with E-state index in [9.17, 15) is 9.18 Å². The predicted octanol–water partition coefficient (Wildman–Crippen LogP) is 5.15. The van der Waals surface area contributed by atoms with Crippen molar-refractivity contribution in [3.63, 3.8) is 0 Å². The standard InChI is InChI=1S/C23H28FNO2/c1-17(2)27-21-12-8-19(9-13-21)22(18-6-10-20(24)11-7-18)16-23(26)25-14-4-3-5-15-25/h6-13,17,22H,3-5,14-16H2,1-2H3. The van der Waals surface area contributed by atoms with Crippen LogP contribution in [0.2, 0.25) is 0 Å². The molecule has 2 aromatic carbocycles. The molecule has 0 bridgehead atoms. The number of rotatable bonds is 6. The minimum atomic E-state index is -0.263. The highest BCUT2D eigenvalue weighted by Crippen LogP contribution is 2.31. The molecular weight excluding hydrogens is 341 g/mol. The van der Waals surface area contributed by atoms with Gasteiger partial charge in [-0.05, 0) is 68.5 Å². The molecule has 4 heteroatoms. The summed E-state index contributed by atoms with van der Waals surface area (Å²) in [7, 11) is 0. The van der Waals surface area contributed by atoms with Crippen molar-refractivity contribution in [2.45, 2.75) is 51.6 Å². The topological polar surface area (TPSA) is 29.5 Å². The summed E-state index contributed by atoms with van der Waals surface area (Å²) in [4.78, 5) is 14.8. The van der Waals surface area contributed by atoms with E-state index in [0.29, 0.717) is 6.42 Å². The smallest absolute Gasteiger partial charge is 0.223 e. The minimum absolute atomic E-state index is 0.0897. The molecule has 0 radical (unpaired) electrons. The van der Waals surface area contributed by atoms with Crippen LogP contribution >= 0.6 is 0 Å². The van der Waals surface area contributed by atoms with E-state index in [-0.39, 0.29) is 23.7 Å². The van der Waals surface area contributed by atoms with Crippen LogP contribution in [0, 0.1) is 5.82 Å². The Hall–Kier alpha value is -2.36. The van der Waals surface area contributed by atoms with E-state index >= 15 is 0 Å². The summed E-state index contributed by atoms with van der Waals surface area (Å²) in [6.07, 6.45) is 3.87. The molecule has 0 N–H and O–H groups in total. The number of piperidine rings is 1. The Bertz CT molecular complexity index is 734. The Balaban J connectivity index is 1.83. The first-order valence-corrected chi connectivity index (χ1v) is 9.83. The van der Waals surface area contributed by atoms with Gasteiger partial charge in [0.05, 0.1) is 6.10 Å². The fourth-order valence-electron chi connectivity index (χ4n) is 3.62. The highest BCUT2D eigenvalue weighted by Gasteiger charge is 2.23. The lowest BCUT2D eigenvalue weighted by Crippen LogP contribution is -2.36. The molecule has 1 aliphatic heterocycles. The second kappa shape index (κ2) is 9.03. The van der Waals surface area contributed by atoms with Crippen LogP contribution in [0.3, 0.4) is 0 Å². The van der Waals surface area contributed by atoms with Gasteiger partial charge in [0.1, 0.15) is 11.6 Å². The summed E-state index contributed by atoms with van der Waals surface area (Å²) >= 11 is 0. The molecule has 1 atom stereocenters. The molecule has 27 heavy (non-hydrogen) atoms. The number of benzene rings is 2. The number of hydrogen-bond acceptors (Lipinski definition) is 2. The molecule has 0 aromatic heterocycles. The van der Waals surface area contributed by atoms with E-state index in [1.807, 2.05) is 43.0 Å². The molecule has 1 saturated heterocycles. The van der Waals surface area contributed by atoms with E-state index in [4.69, 9.17) is 4.74 Å². The third-order valence-corrected chi connectivity index (χ3v) is 5.01. The van der Waals surface area contributed by atoms with Crippen LogP contribution < -0.4 is 4.74 Å². The zero-order valence-corrected chi connectivity index (χ0v) is 16.2. The molecule has 0 saturated carbocycles. The van der Waals surface area contributed by atoms with Gasteiger partial charge in [-0.15, -0.1) is 0 Å². The van der Waals surface area contributed by atoms with Crippen LogP contribution in [-0.4, -0.2) is 30.0 Å². The lowest BCUT2D eigenvalue weighted by atomic mass is 9.88. The molecule has 1 unspecified atom stereocenters. The van der Waals surface area contributed by atoms with Gasteiger partial charge in [-0.25, -0.2) is 4.39 Å². The molecule has 2 aromatic rings. The molecule has 0 spiro atoms. The molecule has 1 fully saturated rings. The Morgan fingerprint density at radius 3 is 2.07 bits per heavy atom. The third kappa shape index (κ3) is 5.31. The Morgan fingerprint density at radius 2 is 1.52 bits per heavy atom. The minimum Gasteiger partial charge on any atom is -0.491 e. The average molecular weight is 369 g/mol. The molecule has 144 valence electrons. The van der Waals surface area contributed by atoms with Crippen LogP contribution in [0.25, 0.3) is 0 Å². The lowest BCUT2D eigenvalue weighted by molar-refractivity contribution is -0.132. The van der Waals surface area contributed by atoms with Gasteiger partial charge < -0.3 is 9.64 Å². The number of carbonyl (C=O) groups excluding carboxylic acids is 1. The van der Waals surface area contributed by atoms with Crippen LogP contribution in [0.5, 0.6) is 5.75 Å². The monoisotopic (exact) mass is 369 g/mol. The van der Waals surface area contributed by atoms with Gasteiger partial charge in [0.25, 0.3) is 0 Å². The van der Waals surface area contributed by atoms with E-state index in [2.05, 4.69) is 0 Å². The van der Waals surface area contributed by atoms with E-state index in [1.165, 1.54) is 18.6 Å². The zero-order valence-electron chi connectivity index (χ0n) is 16.2.